The number of sulfonamides is 1. The van der Waals surface area contributed by atoms with Crippen LogP contribution >= 0.6 is 0 Å². The third-order valence-corrected chi connectivity index (χ3v) is 9.06. The zero-order chi connectivity index (χ0) is 29.0. The molecule has 0 atom stereocenters. The molecule has 1 amide bonds. The number of unbranched alkanes of at least 4 members (excludes halogenated alkanes) is 1. The third-order valence-electron chi connectivity index (χ3n) is 7.67. The molecule has 1 aromatic heterocycles. The normalized spacial score (nSPS) is 16.5. The van der Waals surface area contributed by atoms with Gasteiger partial charge in [-0.15, -0.1) is 0 Å². The van der Waals surface area contributed by atoms with E-state index in [4.69, 9.17) is 14.3 Å². The summed E-state index contributed by atoms with van der Waals surface area (Å²) >= 11 is 0. The lowest BCUT2D eigenvalue weighted by molar-refractivity contribution is -0.131. The second kappa shape index (κ2) is 12.1. The van der Waals surface area contributed by atoms with Crippen molar-refractivity contribution in [2.75, 3.05) is 11.3 Å². The van der Waals surface area contributed by atoms with Crippen LogP contribution in [0.1, 0.15) is 75.8 Å². The second-order valence-electron chi connectivity index (χ2n) is 10.6. The van der Waals surface area contributed by atoms with Crippen LogP contribution in [0.2, 0.25) is 0 Å². The lowest BCUT2D eigenvalue weighted by atomic mass is 9.96. The third kappa shape index (κ3) is 6.06. The maximum atomic E-state index is 13.7. The van der Waals surface area contributed by atoms with Gasteiger partial charge in [0.15, 0.2) is 0 Å². The fraction of sp³-hybridized carbons (Fsp3) is 0.467. The number of ether oxygens (including phenoxy) is 1. The highest BCUT2D eigenvalue weighted by Gasteiger charge is 2.49. The van der Waals surface area contributed by atoms with E-state index >= 15 is 0 Å². The van der Waals surface area contributed by atoms with Crippen LogP contribution in [0, 0.1) is 6.92 Å². The molecule has 1 N–H and O–H groups in total. The largest absolute Gasteiger partial charge is 0.377 e. The van der Waals surface area contributed by atoms with E-state index in [-0.39, 0.29) is 22.6 Å². The Labute approximate surface area is 241 Å². The maximum Gasteiger partial charge on any atom is 0.277 e. The maximum absolute atomic E-state index is 13.7. The number of anilines is 1. The molecule has 2 aromatic carbocycles. The molecule has 1 spiro atoms. The summed E-state index contributed by atoms with van der Waals surface area (Å²) in [5.74, 6) is 1.12. The summed E-state index contributed by atoms with van der Waals surface area (Å²) in [7, 11) is -4.03. The van der Waals surface area contributed by atoms with Crippen LogP contribution < -0.4 is 4.72 Å². The van der Waals surface area contributed by atoms with Gasteiger partial charge in [-0.1, -0.05) is 62.6 Å². The molecule has 1 saturated carbocycles. The molecule has 3 aromatic rings. The van der Waals surface area contributed by atoms with Crippen molar-refractivity contribution in [3.63, 3.8) is 0 Å². The quantitative estimate of drug-likeness (QED) is 0.295. The number of hydrogen-bond acceptors (Lipinski definition) is 8. The standard InChI is InChI=1S/C30H37N5O5S/c1-4-6-13-27-32-30(16-9-10-17-30)28(36)35(27)19-22-14-15-24(23(18-22)20-39-5-2)25-11-7-8-12-26(25)41(37,38)34-29-31-21(3)40-33-29/h7-8,11-12,14-15,18H,4-6,9-10,13,16-17,19-20H2,1-3H3,(H,33,34). The molecule has 11 heteroatoms. The van der Waals surface area contributed by atoms with E-state index in [1.807, 2.05) is 30.0 Å². The molecule has 1 aliphatic carbocycles. The van der Waals surface area contributed by atoms with E-state index in [1.165, 1.54) is 0 Å². The average molecular weight is 580 g/mol. The number of benzene rings is 2. The van der Waals surface area contributed by atoms with E-state index in [0.29, 0.717) is 25.3 Å². The Morgan fingerprint density at radius 1 is 1.10 bits per heavy atom. The van der Waals surface area contributed by atoms with Crippen molar-refractivity contribution >= 4 is 27.7 Å². The van der Waals surface area contributed by atoms with Crippen molar-refractivity contribution in [2.24, 2.45) is 4.99 Å². The molecule has 1 fully saturated rings. The molecule has 1 aliphatic heterocycles. The molecule has 218 valence electrons. The Morgan fingerprint density at radius 2 is 1.88 bits per heavy atom. The van der Waals surface area contributed by atoms with E-state index in [1.54, 1.807) is 31.2 Å². The van der Waals surface area contributed by atoms with Gasteiger partial charge >= 0.3 is 0 Å². The highest BCUT2D eigenvalue weighted by molar-refractivity contribution is 7.92. The van der Waals surface area contributed by atoms with Gasteiger partial charge in [0.25, 0.3) is 21.9 Å². The van der Waals surface area contributed by atoms with Gasteiger partial charge in [-0.05, 0) is 54.1 Å². The fourth-order valence-electron chi connectivity index (χ4n) is 5.66. The minimum atomic E-state index is -4.03. The van der Waals surface area contributed by atoms with Crippen molar-refractivity contribution < 1.29 is 22.5 Å². The summed E-state index contributed by atoms with van der Waals surface area (Å²) in [6.07, 6.45) is 6.48. The average Bonchev–Trinajstić information content (AvgIpc) is 3.67. The van der Waals surface area contributed by atoms with Crippen LogP contribution in [0.15, 0.2) is 56.9 Å². The van der Waals surface area contributed by atoms with Gasteiger partial charge in [-0.2, -0.15) is 4.98 Å². The summed E-state index contributed by atoms with van der Waals surface area (Å²) in [6, 6.07) is 12.7. The van der Waals surface area contributed by atoms with E-state index in [0.717, 1.165) is 67.5 Å². The molecular formula is C30H37N5O5S. The Kier molecular flexibility index (Phi) is 8.55. The number of aryl methyl sites for hydroxylation is 1. The van der Waals surface area contributed by atoms with Gasteiger partial charge < -0.3 is 9.26 Å². The summed E-state index contributed by atoms with van der Waals surface area (Å²) in [5, 5.41) is 3.67. The molecule has 2 aliphatic rings. The zero-order valence-corrected chi connectivity index (χ0v) is 24.7. The highest BCUT2D eigenvalue weighted by Crippen LogP contribution is 2.40. The summed E-state index contributed by atoms with van der Waals surface area (Å²) in [6.45, 7) is 6.86. The summed E-state index contributed by atoms with van der Waals surface area (Å²) < 4.78 is 39.9. The number of nitrogens with one attached hydrogen (secondary N) is 1. The minimum absolute atomic E-state index is 0.0832. The van der Waals surface area contributed by atoms with Crippen LogP contribution in [-0.2, 0) is 32.7 Å². The molecule has 5 rings (SSSR count). The van der Waals surface area contributed by atoms with Crippen LogP contribution in [-0.4, -0.2) is 47.3 Å². The fourth-order valence-corrected chi connectivity index (χ4v) is 6.82. The predicted octanol–water partition coefficient (Wildman–Crippen LogP) is 5.63. The zero-order valence-electron chi connectivity index (χ0n) is 23.9. The number of carbonyl (C=O) groups excluding carboxylic acids is 1. The molecule has 0 radical (unpaired) electrons. The first-order valence-electron chi connectivity index (χ1n) is 14.3. The topological polar surface area (TPSA) is 127 Å². The smallest absolute Gasteiger partial charge is 0.277 e. The second-order valence-corrected chi connectivity index (χ2v) is 12.3. The van der Waals surface area contributed by atoms with Crippen molar-refractivity contribution in [2.45, 2.75) is 89.3 Å². The number of amides is 1. The Morgan fingerprint density at radius 3 is 2.59 bits per heavy atom. The molecule has 10 nitrogen and oxygen atoms in total. The van der Waals surface area contributed by atoms with Gasteiger partial charge in [0.05, 0.1) is 18.0 Å². The van der Waals surface area contributed by atoms with Crippen LogP contribution in [0.3, 0.4) is 0 Å². The first kappa shape index (κ1) is 28.9. The Hall–Kier alpha value is -3.57. The first-order chi connectivity index (χ1) is 19.8. The number of rotatable bonds is 12. The van der Waals surface area contributed by atoms with Crippen LogP contribution in [0.5, 0.6) is 0 Å². The summed E-state index contributed by atoms with van der Waals surface area (Å²) in [4.78, 5) is 24.6. The van der Waals surface area contributed by atoms with E-state index < -0.39 is 15.6 Å². The highest BCUT2D eigenvalue weighted by atomic mass is 32.2. The molecule has 0 saturated heterocycles. The molecular weight excluding hydrogens is 542 g/mol. The lowest BCUT2D eigenvalue weighted by Crippen LogP contribution is -2.40. The number of nitrogens with zero attached hydrogens (tertiary/aromatic N) is 4. The van der Waals surface area contributed by atoms with E-state index in [9.17, 15) is 13.2 Å². The number of amidine groups is 1. The van der Waals surface area contributed by atoms with Gasteiger partial charge in [0.1, 0.15) is 11.4 Å². The monoisotopic (exact) mass is 579 g/mol. The molecule has 41 heavy (non-hydrogen) atoms. The van der Waals surface area contributed by atoms with Gasteiger partial charge in [0, 0.05) is 25.5 Å². The predicted molar refractivity (Wildman–Crippen MR) is 156 cm³/mol. The Bertz CT molecular complexity index is 1540. The van der Waals surface area contributed by atoms with Gasteiger partial charge in [0.2, 0.25) is 5.89 Å². The Balaban J connectivity index is 1.48. The molecule has 0 unspecified atom stereocenters. The van der Waals surface area contributed by atoms with Gasteiger partial charge in [-0.25, -0.2) is 13.1 Å². The van der Waals surface area contributed by atoms with Crippen molar-refractivity contribution in [3.05, 3.63) is 59.5 Å². The molecule has 0 bridgehead atoms. The summed E-state index contributed by atoms with van der Waals surface area (Å²) in [5.41, 5.74) is 2.43. The number of hydrogen-bond donors (Lipinski definition) is 1. The van der Waals surface area contributed by atoms with Crippen LogP contribution in [0.25, 0.3) is 11.1 Å². The number of aliphatic imine (C=N–C) groups is 1. The SMILES string of the molecule is CCCCC1=NC2(CCCC2)C(=O)N1Cc1ccc(-c2ccccc2S(=O)(=O)Nc2noc(C)n2)c(COCC)c1. The number of aromatic nitrogens is 2. The minimum Gasteiger partial charge on any atom is -0.377 e. The van der Waals surface area contributed by atoms with Crippen molar-refractivity contribution in [3.8, 4) is 11.1 Å². The van der Waals surface area contributed by atoms with Crippen LogP contribution in [0.4, 0.5) is 5.95 Å². The van der Waals surface area contributed by atoms with Crippen molar-refractivity contribution in [1.29, 1.82) is 0 Å². The van der Waals surface area contributed by atoms with E-state index in [2.05, 4.69) is 21.8 Å². The van der Waals surface area contributed by atoms with Gasteiger partial charge in [-0.3, -0.25) is 14.7 Å². The van der Waals surface area contributed by atoms with Crippen molar-refractivity contribution in [1.82, 2.24) is 15.0 Å². The number of carbonyl (C=O) groups is 1. The first-order valence-corrected chi connectivity index (χ1v) is 15.8. The molecule has 2 heterocycles. The lowest BCUT2D eigenvalue weighted by Gasteiger charge is -2.23.